The van der Waals surface area contributed by atoms with Crippen LogP contribution in [0.5, 0.6) is 0 Å². The second-order valence-electron chi connectivity index (χ2n) is 5.78. The molecule has 2 aliphatic heterocycles. The van der Waals surface area contributed by atoms with E-state index >= 15 is 0 Å². The SMILES string of the molecule is NC(=O)c1cc2n(n1)CCN(CCC1CCNCC1)C2=O. The van der Waals surface area contributed by atoms with E-state index in [-0.39, 0.29) is 11.6 Å². The van der Waals surface area contributed by atoms with Crippen LogP contribution >= 0.6 is 0 Å². The monoisotopic (exact) mass is 291 g/mol. The third-order valence-corrected chi connectivity index (χ3v) is 4.39. The molecule has 7 nitrogen and oxygen atoms in total. The van der Waals surface area contributed by atoms with Gasteiger partial charge in [-0.15, -0.1) is 0 Å². The molecule has 0 unspecified atom stereocenters. The molecule has 0 aliphatic carbocycles. The van der Waals surface area contributed by atoms with Gasteiger partial charge >= 0.3 is 0 Å². The molecule has 3 N–H and O–H groups in total. The molecular weight excluding hydrogens is 270 g/mol. The topological polar surface area (TPSA) is 93.2 Å². The Labute approximate surface area is 123 Å². The van der Waals surface area contributed by atoms with Crippen molar-refractivity contribution in [3.05, 3.63) is 17.5 Å². The van der Waals surface area contributed by atoms with Gasteiger partial charge in [-0.1, -0.05) is 0 Å². The first kappa shape index (κ1) is 14.1. The van der Waals surface area contributed by atoms with Crippen LogP contribution in [0.4, 0.5) is 0 Å². The van der Waals surface area contributed by atoms with Crippen LogP contribution in [-0.4, -0.2) is 52.7 Å². The van der Waals surface area contributed by atoms with E-state index in [4.69, 9.17) is 5.73 Å². The Bertz CT molecular complexity index is 548. The normalized spacial score (nSPS) is 19.6. The Balaban J connectivity index is 1.63. The largest absolute Gasteiger partial charge is 0.364 e. The van der Waals surface area contributed by atoms with E-state index < -0.39 is 5.91 Å². The maximum Gasteiger partial charge on any atom is 0.272 e. The fraction of sp³-hybridized carbons (Fsp3) is 0.643. The van der Waals surface area contributed by atoms with Crippen molar-refractivity contribution in [2.45, 2.75) is 25.8 Å². The van der Waals surface area contributed by atoms with Gasteiger partial charge in [0.2, 0.25) is 0 Å². The van der Waals surface area contributed by atoms with Crippen LogP contribution in [0.3, 0.4) is 0 Å². The number of hydrogen-bond acceptors (Lipinski definition) is 4. The van der Waals surface area contributed by atoms with Gasteiger partial charge in [0, 0.05) is 19.2 Å². The van der Waals surface area contributed by atoms with Gasteiger partial charge in [0.15, 0.2) is 5.69 Å². The van der Waals surface area contributed by atoms with Crippen molar-refractivity contribution in [3.8, 4) is 0 Å². The Morgan fingerprint density at radius 3 is 2.86 bits per heavy atom. The average molecular weight is 291 g/mol. The van der Waals surface area contributed by atoms with Gasteiger partial charge in [-0.2, -0.15) is 5.10 Å². The Morgan fingerprint density at radius 2 is 2.14 bits per heavy atom. The van der Waals surface area contributed by atoms with Crippen LogP contribution in [0.25, 0.3) is 0 Å². The number of amides is 2. The molecular formula is C14H21N5O2. The van der Waals surface area contributed by atoms with Crippen molar-refractivity contribution in [3.63, 3.8) is 0 Å². The summed E-state index contributed by atoms with van der Waals surface area (Å²) in [4.78, 5) is 25.4. The van der Waals surface area contributed by atoms with Crippen LogP contribution in [0.1, 0.15) is 40.2 Å². The van der Waals surface area contributed by atoms with E-state index in [2.05, 4.69) is 10.4 Å². The summed E-state index contributed by atoms with van der Waals surface area (Å²) >= 11 is 0. The average Bonchev–Trinajstić information content (AvgIpc) is 2.93. The number of nitrogens with zero attached hydrogens (tertiary/aromatic N) is 3. The van der Waals surface area contributed by atoms with Crippen LogP contribution < -0.4 is 11.1 Å². The molecule has 1 fully saturated rings. The zero-order chi connectivity index (χ0) is 14.8. The number of nitrogens with one attached hydrogen (secondary N) is 1. The fourth-order valence-corrected chi connectivity index (χ4v) is 3.08. The molecule has 0 spiro atoms. The van der Waals surface area contributed by atoms with Gasteiger partial charge in [0.1, 0.15) is 5.69 Å². The summed E-state index contributed by atoms with van der Waals surface area (Å²) < 4.78 is 1.59. The third kappa shape index (κ3) is 2.92. The molecule has 1 saturated heterocycles. The lowest BCUT2D eigenvalue weighted by atomic mass is 9.94. The second kappa shape index (κ2) is 5.85. The standard InChI is InChI=1S/C14H21N5O2/c15-13(20)11-9-12-14(21)18(7-8-19(12)17-11)6-3-10-1-4-16-5-2-10/h9-10,16H,1-8H2,(H2,15,20). The van der Waals surface area contributed by atoms with E-state index in [1.165, 1.54) is 18.9 Å². The Hall–Kier alpha value is -1.89. The van der Waals surface area contributed by atoms with Crippen molar-refractivity contribution >= 4 is 11.8 Å². The van der Waals surface area contributed by atoms with E-state index in [0.29, 0.717) is 24.7 Å². The number of rotatable bonds is 4. The lowest BCUT2D eigenvalue weighted by molar-refractivity contribution is 0.0683. The number of carbonyl (C=O) groups is 2. The number of primary amides is 1. The predicted molar refractivity (Wildman–Crippen MR) is 76.9 cm³/mol. The Morgan fingerprint density at radius 1 is 1.38 bits per heavy atom. The highest BCUT2D eigenvalue weighted by molar-refractivity contribution is 5.97. The smallest absolute Gasteiger partial charge is 0.272 e. The zero-order valence-corrected chi connectivity index (χ0v) is 12.0. The summed E-state index contributed by atoms with van der Waals surface area (Å²) in [5.74, 6) is 0.0632. The van der Waals surface area contributed by atoms with E-state index in [0.717, 1.165) is 26.1 Å². The highest BCUT2D eigenvalue weighted by Gasteiger charge is 2.27. The van der Waals surface area contributed by atoms with Gasteiger partial charge < -0.3 is 16.0 Å². The Kier molecular flexibility index (Phi) is 3.92. The molecule has 1 aromatic rings. The van der Waals surface area contributed by atoms with Crippen molar-refractivity contribution in [1.29, 1.82) is 0 Å². The maximum atomic E-state index is 12.4. The summed E-state index contributed by atoms with van der Waals surface area (Å²) in [5.41, 5.74) is 5.85. The van der Waals surface area contributed by atoms with E-state index in [9.17, 15) is 9.59 Å². The molecule has 2 amide bonds. The number of carbonyl (C=O) groups excluding carboxylic acids is 2. The molecule has 1 aromatic heterocycles. The molecule has 0 radical (unpaired) electrons. The number of fused-ring (bicyclic) bond motifs is 1. The van der Waals surface area contributed by atoms with Gasteiger partial charge in [-0.25, -0.2) is 0 Å². The van der Waals surface area contributed by atoms with Gasteiger partial charge in [-0.05, 0) is 38.3 Å². The molecule has 0 atom stereocenters. The molecule has 7 heteroatoms. The summed E-state index contributed by atoms with van der Waals surface area (Å²) in [7, 11) is 0. The highest BCUT2D eigenvalue weighted by Crippen LogP contribution is 2.19. The number of hydrogen-bond donors (Lipinski definition) is 2. The quantitative estimate of drug-likeness (QED) is 0.805. The summed E-state index contributed by atoms with van der Waals surface area (Å²) in [6.45, 7) is 4.21. The summed E-state index contributed by atoms with van der Waals surface area (Å²) in [6, 6.07) is 1.50. The van der Waals surface area contributed by atoms with Crippen LogP contribution in [0.15, 0.2) is 6.07 Å². The second-order valence-corrected chi connectivity index (χ2v) is 5.78. The van der Waals surface area contributed by atoms with Gasteiger partial charge in [0.05, 0.1) is 6.54 Å². The van der Waals surface area contributed by atoms with Crippen LogP contribution in [0, 0.1) is 5.92 Å². The minimum atomic E-state index is -0.592. The van der Waals surface area contributed by atoms with Crippen molar-refractivity contribution in [2.75, 3.05) is 26.2 Å². The maximum absolute atomic E-state index is 12.4. The third-order valence-electron chi connectivity index (χ3n) is 4.39. The summed E-state index contributed by atoms with van der Waals surface area (Å²) in [5, 5.41) is 7.42. The number of nitrogens with two attached hydrogens (primary N) is 1. The molecule has 3 rings (SSSR count). The lowest BCUT2D eigenvalue weighted by Crippen LogP contribution is -2.41. The molecule has 114 valence electrons. The highest BCUT2D eigenvalue weighted by atomic mass is 16.2. The minimum absolute atomic E-state index is 0.0461. The van der Waals surface area contributed by atoms with Crippen LogP contribution in [0.2, 0.25) is 0 Å². The summed E-state index contributed by atoms with van der Waals surface area (Å²) in [6.07, 6.45) is 3.42. The molecule has 0 saturated carbocycles. The van der Waals surface area contributed by atoms with Crippen molar-refractivity contribution in [2.24, 2.45) is 11.7 Å². The number of aromatic nitrogens is 2. The fourth-order valence-electron chi connectivity index (χ4n) is 3.08. The molecule has 0 aromatic carbocycles. The predicted octanol–water partition coefficient (Wildman–Crippen LogP) is -0.172. The molecule has 3 heterocycles. The van der Waals surface area contributed by atoms with E-state index in [1.54, 1.807) is 4.68 Å². The van der Waals surface area contributed by atoms with Crippen molar-refractivity contribution < 1.29 is 9.59 Å². The van der Waals surface area contributed by atoms with Gasteiger partial charge in [0.25, 0.3) is 11.8 Å². The minimum Gasteiger partial charge on any atom is -0.364 e. The van der Waals surface area contributed by atoms with E-state index in [1.807, 2.05) is 4.90 Å². The molecule has 2 aliphatic rings. The first-order chi connectivity index (χ1) is 10.1. The lowest BCUT2D eigenvalue weighted by Gasteiger charge is -2.30. The van der Waals surface area contributed by atoms with Gasteiger partial charge in [-0.3, -0.25) is 14.3 Å². The first-order valence-corrected chi connectivity index (χ1v) is 7.53. The zero-order valence-electron chi connectivity index (χ0n) is 12.0. The number of piperidine rings is 1. The first-order valence-electron chi connectivity index (χ1n) is 7.53. The molecule has 0 bridgehead atoms. The molecule has 21 heavy (non-hydrogen) atoms. The van der Waals surface area contributed by atoms with Crippen molar-refractivity contribution in [1.82, 2.24) is 20.0 Å². The van der Waals surface area contributed by atoms with Crippen LogP contribution in [-0.2, 0) is 6.54 Å².